The number of ether oxygens (including phenoxy) is 1. The number of rotatable bonds is 12. The third kappa shape index (κ3) is 8.52. The lowest BCUT2D eigenvalue weighted by molar-refractivity contribution is -0.137. The first-order valence-corrected chi connectivity index (χ1v) is 13.6. The Balaban J connectivity index is 1.57. The second-order valence-electron chi connectivity index (χ2n) is 9.63. The highest BCUT2D eigenvalue weighted by Crippen LogP contribution is 2.35. The Hall–Kier alpha value is -4.49. The van der Waals surface area contributed by atoms with Crippen LogP contribution in [0.3, 0.4) is 0 Å². The molecule has 0 aliphatic heterocycles. The second-order valence-corrected chi connectivity index (χ2v) is 10.0. The number of benzene rings is 2. The summed E-state index contributed by atoms with van der Waals surface area (Å²) in [5.41, 5.74) is -0.232. The van der Waals surface area contributed by atoms with Crippen molar-refractivity contribution in [1.29, 1.82) is 0 Å². The highest BCUT2D eigenvalue weighted by Gasteiger charge is 2.32. The number of aromatic nitrogens is 4. The number of amides is 1. The van der Waals surface area contributed by atoms with Crippen molar-refractivity contribution >= 4 is 34.8 Å². The van der Waals surface area contributed by atoms with E-state index in [2.05, 4.69) is 35.9 Å². The van der Waals surface area contributed by atoms with Crippen LogP contribution in [-0.4, -0.2) is 65.0 Å². The lowest BCUT2D eigenvalue weighted by Crippen LogP contribution is -2.18. The summed E-state index contributed by atoms with van der Waals surface area (Å²) >= 11 is 6.36. The number of unbranched alkanes of at least 4 members (excludes halogenated alkanes) is 1. The van der Waals surface area contributed by atoms with Crippen LogP contribution >= 0.6 is 11.6 Å². The zero-order valence-electron chi connectivity index (χ0n) is 23.7. The van der Waals surface area contributed by atoms with Crippen LogP contribution in [0, 0.1) is 0 Å². The van der Waals surface area contributed by atoms with E-state index < -0.39 is 17.6 Å². The first kappa shape index (κ1) is 31.4. The molecule has 2 aromatic heterocycles. The van der Waals surface area contributed by atoms with Gasteiger partial charge in [0, 0.05) is 31.5 Å². The Morgan fingerprint density at radius 1 is 1.02 bits per heavy atom. The second kappa shape index (κ2) is 14.1. The first-order valence-electron chi connectivity index (χ1n) is 13.3. The Morgan fingerprint density at radius 3 is 2.58 bits per heavy atom. The summed E-state index contributed by atoms with van der Waals surface area (Å²) in [5.74, 6) is 0.327. The van der Waals surface area contributed by atoms with E-state index in [9.17, 15) is 18.0 Å². The number of anilines is 3. The van der Waals surface area contributed by atoms with Crippen molar-refractivity contribution in [1.82, 2.24) is 24.8 Å². The Bertz CT molecular complexity index is 1570. The van der Waals surface area contributed by atoms with E-state index in [0.717, 1.165) is 31.5 Å². The molecule has 10 nitrogen and oxygen atoms in total. The lowest BCUT2D eigenvalue weighted by atomic mass is 10.1. The van der Waals surface area contributed by atoms with Gasteiger partial charge in [0.1, 0.15) is 12.1 Å². The van der Waals surface area contributed by atoms with E-state index >= 15 is 0 Å². The van der Waals surface area contributed by atoms with Crippen molar-refractivity contribution in [3.63, 3.8) is 0 Å². The zero-order valence-corrected chi connectivity index (χ0v) is 24.4. The maximum absolute atomic E-state index is 13.5. The molecule has 0 unspecified atom stereocenters. The fourth-order valence-corrected chi connectivity index (χ4v) is 4.16. The summed E-state index contributed by atoms with van der Waals surface area (Å²) in [6, 6.07) is 10.9. The fourth-order valence-electron chi connectivity index (χ4n) is 3.99. The maximum Gasteiger partial charge on any atom is 0.416 e. The predicted octanol–water partition coefficient (Wildman–Crippen LogP) is 6.45. The number of hydrogen-bond donors (Lipinski definition) is 3. The van der Waals surface area contributed by atoms with Crippen molar-refractivity contribution < 1.29 is 22.7 Å². The van der Waals surface area contributed by atoms with Gasteiger partial charge in [-0.25, -0.2) is 15.0 Å². The van der Waals surface area contributed by atoms with E-state index in [1.807, 2.05) is 19.0 Å². The Morgan fingerprint density at radius 2 is 1.84 bits per heavy atom. The summed E-state index contributed by atoms with van der Waals surface area (Å²) in [6.07, 6.45) is -0.103. The zero-order chi connectivity index (χ0) is 31.0. The molecule has 0 saturated carbocycles. The first-order chi connectivity index (χ1) is 20.5. The summed E-state index contributed by atoms with van der Waals surface area (Å²) < 4.78 is 46.6. The monoisotopic (exact) mass is 614 g/mol. The molecule has 0 bridgehead atoms. The maximum atomic E-state index is 13.5. The van der Waals surface area contributed by atoms with Gasteiger partial charge in [-0.15, -0.1) is 0 Å². The molecule has 2 heterocycles. The van der Waals surface area contributed by atoms with Gasteiger partial charge < -0.3 is 25.6 Å². The molecular formula is C29H30ClF3N8O2. The van der Waals surface area contributed by atoms with Gasteiger partial charge in [-0.1, -0.05) is 11.6 Å². The highest BCUT2D eigenvalue weighted by molar-refractivity contribution is 6.34. The fraction of sp³-hybridized carbons (Fsp3) is 0.276. The molecule has 3 N–H and O–H groups in total. The molecule has 0 fully saturated rings. The van der Waals surface area contributed by atoms with Gasteiger partial charge >= 0.3 is 6.18 Å². The lowest BCUT2D eigenvalue weighted by Gasteiger charge is -2.16. The van der Waals surface area contributed by atoms with Crippen LogP contribution in [0.25, 0.3) is 11.4 Å². The molecule has 4 rings (SSSR count). The standard InChI is InChI=1S/C29H30ClF3N8O2/c1-34-28-38-17-37-25(40-28)20-7-6-13-36-27(20)43-19-9-10-22(30)24(16-19)39-26(42)21-15-18(29(31,32)33)8-11-23(21)35-12-4-5-14-41(2)3/h6-11,13,15-17,35H,4-5,12,14H2,1-3H3,(H,39,42)(H,34,37,38,40). The van der Waals surface area contributed by atoms with E-state index in [1.54, 1.807) is 25.2 Å². The topological polar surface area (TPSA) is 117 Å². The van der Waals surface area contributed by atoms with Crippen LogP contribution in [-0.2, 0) is 6.18 Å². The van der Waals surface area contributed by atoms with Gasteiger partial charge in [0.2, 0.25) is 11.8 Å². The summed E-state index contributed by atoms with van der Waals surface area (Å²) in [6.45, 7) is 1.35. The number of halogens is 4. The molecule has 14 heteroatoms. The average molecular weight is 615 g/mol. The number of pyridine rings is 1. The molecule has 43 heavy (non-hydrogen) atoms. The summed E-state index contributed by atoms with van der Waals surface area (Å²) in [4.78, 5) is 32.2. The van der Waals surface area contributed by atoms with Crippen LogP contribution < -0.4 is 20.7 Å². The molecule has 4 aromatic rings. The molecule has 0 aliphatic rings. The van der Waals surface area contributed by atoms with E-state index in [0.29, 0.717) is 23.9 Å². The van der Waals surface area contributed by atoms with E-state index in [1.165, 1.54) is 30.7 Å². The normalized spacial score (nSPS) is 11.3. The minimum absolute atomic E-state index is 0.133. The third-order valence-electron chi connectivity index (χ3n) is 6.15. The van der Waals surface area contributed by atoms with E-state index in [4.69, 9.17) is 16.3 Å². The van der Waals surface area contributed by atoms with Crippen LogP contribution in [0.2, 0.25) is 5.02 Å². The average Bonchev–Trinajstić information content (AvgIpc) is 2.98. The van der Waals surface area contributed by atoms with Gasteiger partial charge in [0.05, 0.1) is 27.4 Å². The number of nitrogens with one attached hydrogen (secondary N) is 3. The largest absolute Gasteiger partial charge is 0.438 e. The Kier molecular flexibility index (Phi) is 10.3. The van der Waals surface area contributed by atoms with Crippen molar-refractivity contribution in [2.24, 2.45) is 0 Å². The number of alkyl halides is 3. The van der Waals surface area contributed by atoms with Gasteiger partial charge in [0.15, 0.2) is 5.82 Å². The SMILES string of the molecule is CNc1ncnc(-c2cccnc2Oc2ccc(Cl)c(NC(=O)c3cc(C(F)(F)F)ccc3NCCCCN(C)C)c2)n1. The van der Waals surface area contributed by atoms with Crippen molar-refractivity contribution in [2.45, 2.75) is 19.0 Å². The number of hydrogen-bond acceptors (Lipinski definition) is 9. The molecular weight excluding hydrogens is 585 g/mol. The van der Waals surface area contributed by atoms with Gasteiger partial charge in [-0.3, -0.25) is 4.79 Å². The quantitative estimate of drug-likeness (QED) is 0.155. The minimum Gasteiger partial charge on any atom is -0.438 e. The van der Waals surface area contributed by atoms with Crippen molar-refractivity contribution in [3.05, 3.63) is 77.2 Å². The highest BCUT2D eigenvalue weighted by atomic mass is 35.5. The molecule has 0 atom stereocenters. The Labute approximate surface area is 251 Å². The molecule has 0 spiro atoms. The molecule has 0 saturated heterocycles. The predicted molar refractivity (Wildman–Crippen MR) is 160 cm³/mol. The van der Waals surface area contributed by atoms with Crippen LogP contribution in [0.1, 0.15) is 28.8 Å². The van der Waals surface area contributed by atoms with Crippen molar-refractivity contribution in [2.75, 3.05) is 50.2 Å². The van der Waals surface area contributed by atoms with Crippen LogP contribution in [0.15, 0.2) is 61.1 Å². The number of nitrogens with zero attached hydrogens (tertiary/aromatic N) is 5. The van der Waals surface area contributed by atoms with E-state index in [-0.39, 0.29) is 33.6 Å². The molecule has 2 aromatic carbocycles. The molecule has 1 amide bonds. The smallest absolute Gasteiger partial charge is 0.416 e. The van der Waals surface area contributed by atoms with Gasteiger partial charge in [-0.2, -0.15) is 18.2 Å². The molecule has 0 aliphatic carbocycles. The van der Waals surface area contributed by atoms with Crippen LogP contribution in [0.5, 0.6) is 11.6 Å². The summed E-state index contributed by atoms with van der Waals surface area (Å²) in [5, 5.41) is 8.71. The number of carbonyl (C=O) groups is 1. The molecule has 0 radical (unpaired) electrons. The minimum atomic E-state index is -4.63. The van der Waals surface area contributed by atoms with Crippen LogP contribution in [0.4, 0.5) is 30.5 Å². The number of carbonyl (C=O) groups excluding carboxylic acids is 1. The van der Waals surface area contributed by atoms with Gasteiger partial charge in [0.25, 0.3) is 5.91 Å². The molecule has 226 valence electrons. The van der Waals surface area contributed by atoms with Gasteiger partial charge in [-0.05, 0) is 75.9 Å². The van der Waals surface area contributed by atoms with Crippen molar-refractivity contribution in [3.8, 4) is 23.0 Å². The third-order valence-corrected chi connectivity index (χ3v) is 6.48. The summed E-state index contributed by atoms with van der Waals surface area (Å²) in [7, 11) is 5.59.